The molecule has 0 aliphatic carbocycles. The van der Waals surface area contributed by atoms with Crippen LogP contribution in [0.1, 0.15) is 55.9 Å². The van der Waals surface area contributed by atoms with Crippen LogP contribution in [0.25, 0.3) is 0 Å². The lowest BCUT2D eigenvalue weighted by molar-refractivity contribution is 0.0973. The lowest BCUT2D eigenvalue weighted by Gasteiger charge is -1.98. The van der Waals surface area contributed by atoms with Crippen LogP contribution in [0.2, 0.25) is 0 Å². The minimum absolute atomic E-state index is 0.173. The Morgan fingerprint density at radius 1 is 1.33 bits per heavy atom. The van der Waals surface area contributed by atoms with Crippen molar-refractivity contribution in [3.63, 3.8) is 0 Å². The lowest BCUT2D eigenvalue weighted by Crippen LogP contribution is -2.01. The maximum atomic E-state index is 11.6. The number of unbranched alkanes of at least 4 members (excludes halogenated alkanes) is 4. The van der Waals surface area contributed by atoms with Gasteiger partial charge in [-0.3, -0.25) is 9.48 Å². The van der Waals surface area contributed by atoms with Crippen molar-refractivity contribution in [2.45, 2.75) is 45.4 Å². The lowest BCUT2D eigenvalue weighted by atomic mass is 10.1. The Bertz CT molecular complexity index is 304. The van der Waals surface area contributed by atoms with Crippen molar-refractivity contribution in [2.24, 2.45) is 7.05 Å². The summed E-state index contributed by atoms with van der Waals surface area (Å²) in [7, 11) is 1.83. The fraction of sp³-hybridized carbons (Fsp3) is 0.667. The molecule has 0 atom stereocenters. The molecule has 1 rings (SSSR count). The quantitative estimate of drug-likeness (QED) is 0.510. The number of aromatic nitrogens is 2. The van der Waals surface area contributed by atoms with Crippen LogP contribution < -0.4 is 0 Å². The van der Waals surface area contributed by atoms with E-state index in [0.717, 1.165) is 12.8 Å². The molecule has 0 aliphatic rings. The first-order valence-electron chi connectivity index (χ1n) is 5.77. The van der Waals surface area contributed by atoms with E-state index in [-0.39, 0.29) is 5.78 Å². The van der Waals surface area contributed by atoms with Crippen LogP contribution >= 0.6 is 0 Å². The third-order valence-electron chi connectivity index (χ3n) is 2.51. The molecule has 3 nitrogen and oxygen atoms in total. The number of Topliss-reactive ketones (excluding diaryl/α,β-unsaturated/α-hetero) is 1. The number of hydrogen-bond donors (Lipinski definition) is 0. The Kier molecular flexibility index (Phi) is 5.08. The molecule has 0 N–H and O–H groups in total. The van der Waals surface area contributed by atoms with E-state index in [1.54, 1.807) is 10.7 Å². The molecule has 0 aromatic carbocycles. The number of carbonyl (C=O) groups is 1. The van der Waals surface area contributed by atoms with Gasteiger partial charge in [0.15, 0.2) is 5.78 Å². The zero-order chi connectivity index (χ0) is 11.1. The second-order valence-electron chi connectivity index (χ2n) is 3.96. The van der Waals surface area contributed by atoms with Gasteiger partial charge in [0.25, 0.3) is 0 Å². The summed E-state index contributed by atoms with van der Waals surface area (Å²) in [6.45, 7) is 2.19. The van der Waals surface area contributed by atoms with Crippen molar-refractivity contribution in [2.75, 3.05) is 0 Å². The van der Waals surface area contributed by atoms with Gasteiger partial charge in [-0.2, -0.15) is 5.10 Å². The zero-order valence-corrected chi connectivity index (χ0v) is 9.70. The fourth-order valence-electron chi connectivity index (χ4n) is 1.58. The Morgan fingerprint density at radius 3 is 2.67 bits per heavy atom. The van der Waals surface area contributed by atoms with Crippen LogP contribution in [-0.4, -0.2) is 15.6 Å². The van der Waals surface area contributed by atoms with Gasteiger partial charge in [0.05, 0.1) is 0 Å². The second kappa shape index (κ2) is 6.38. The van der Waals surface area contributed by atoms with Crippen LogP contribution in [0.5, 0.6) is 0 Å². The predicted molar refractivity (Wildman–Crippen MR) is 60.9 cm³/mol. The van der Waals surface area contributed by atoms with Crippen molar-refractivity contribution >= 4 is 5.78 Å². The van der Waals surface area contributed by atoms with Crippen molar-refractivity contribution in [1.82, 2.24) is 9.78 Å². The van der Waals surface area contributed by atoms with Crippen LogP contribution in [0.3, 0.4) is 0 Å². The third kappa shape index (κ3) is 4.28. The highest BCUT2D eigenvalue weighted by molar-refractivity contribution is 5.94. The topological polar surface area (TPSA) is 34.9 Å². The van der Waals surface area contributed by atoms with Crippen LogP contribution in [0, 0.1) is 0 Å². The maximum Gasteiger partial charge on any atom is 0.183 e. The van der Waals surface area contributed by atoms with Crippen molar-refractivity contribution in [1.29, 1.82) is 0 Å². The Labute approximate surface area is 91.5 Å². The largest absolute Gasteiger partial charge is 0.292 e. The van der Waals surface area contributed by atoms with Crippen LogP contribution in [-0.2, 0) is 7.05 Å². The fourth-order valence-corrected chi connectivity index (χ4v) is 1.58. The molecule has 1 heterocycles. The van der Waals surface area contributed by atoms with Crippen molar-refractivity contribution in [3.05, 3.63) is 18.0 Å². The minimum atomic E-state index is 0.173. The number of nitrogens with zero attached hydrogens (tertiary/aromatic N) is 2. The molecule has 0 bridgehead atoms. The summed E-state index contributed by atoms with van der Waals surface area (Å²) in [6.07, 6.45) is 8.37. The average molecular weight is 208 g/mol. The molecule has 0 fully saturated rings. The molecular formula is C12H20N2O. The molecule has 1 aromatic rings. The number of rotatable bonds is 7. The van der Waals surface area contributed by atoms with E-state index in [9.17, 15) is 4.79 Å². The van der Waals surface area contributed by atoms with E-state index in [2.05, 4.69) is 12.0 Å². The van der Waals surface area contributed by atoms with E-state index in [0.29, 0.717) is 12.1 Å². The Hall–Kier alpha value is -1.12. The number of hydrogen-bond acceptors (Lipinski definition) is 2. The molecule has 3 heteroatoms. The molecule has 0 saturated carbocycles. The molecule has 0 saturated heterocycles. The average Bonchev–Trinajstić information content (AvgIpc) is 2.64. The SMILES string of the molecule is CCCCCCCC(=O)c1ccn(C)n1. The van der Waals surface area contributed by atoms with Crippen molar-refractivity contribution in [3.8, 4) is 0 Å². The maximum absolute atomic E-state index is 11.6. The molecule has 15 heavy (non-hydrogen) atoms. The van der Waals surface area contributed by atoms with E-state index in [1.807, 2.05) is 13.2 Å². The third-order valence-corrected chi connectivity index (χ3v) is 2.51. The molecule has 0 spiro atoms. The Balaban J connectivity index is 2.19. The monoisotopic (exact) mass is 208 g/mol. The molecule has 0 unspecified atom stereocenters. The smallest absolute Gasteiger partial charge is 0.183 e. The predicted octanol–water partition coefficient (Wildman–Crippen LogP) is 2.96. The van der Waals surface area contributed by atoms with Gasteiger partial charge in [-0.05, 0) is 12.5 Å². The summed E-state index contributed by atoms with van der Waals surface area (Å²) in [4.78, 5) is 11.6. The van der Waals surface area contributed by atoms with Gasteiger partial charge in [-0.25, -0.2) is 0 Å². The number of aryl methyl sites for hydroxylation is 1. The number of ketones is 1. The summed E-state index contributed by atoms with van der Waals surface area (Å²) in [5.41, 5.74) is 0.605. The minimum Gasteiger partial charge on any atom is -0.292 e. The summed E-state index contributed by atoms with van der Waals surface area (Å²) >= 11 is 0. The van der Waals surface area contributed by atoms with E-state index >= 15 is 0 Å². The highest BCUT2D eigenvalue weighted by Crippen LogP contribution is 2.08. The highest BCUT2D eigenvalue weighted by atomic mass is 16.1. The molecule has 1 aromatic heterocycles. The van der Waals surface area contributed by atoms with Gasteiger partial charge >= 0.3 is 0 Å². The van der Waals surface area contributed by atoms with Gasteiger partial charge < -0.3 is 0 Å². The standard InChI is InChI=1S/C12H20N2O/c1-3-4-5-6-7-8-12(15)11-9-10-14(2)13-11/h9-10H,3-8H2,1-2H3. The van der Waals surface area contributed by atoms with Gasteiger partial charge in [0.2, 0.25) is 0 Å². The Morgan fingerprint density at radius 2 is 2.07 bits per heavy atom. The normalized spacial score (nSPS) is 10.5. The summed E-state index contributed by atoms with van der Waals surface area (Å²) in [5.74, 6) is 0.173. The highest BCUT2D eigenvalue weighted by Gasteiger charge is 2.07. The van der Waals surface area contributed by atoms with Crippen LogP contribution in [0.4, 0.5) is 0 Å². The molecule has 0 amide bonds. The number of carbonyl (C=O) groups excluding carboxylic acids is 1. The van der Waals surface area contributed by atoms with E-state index < -0.39 is 0 Å². The molecule has 0 aliphatic heterocycles. The van der Waals surface area contributed by atoms with E-state index in [1.165, 1.54) is 19.3 Å². The first-order valence-corrected chi connectivity index (χ1v) is 5.77. The van der Waals surface area contributed by atoms with Gasteiger partial charge in [-0.1, -0.05) is 32.6 Å². The molecule has 0 radical (unpaired) electrons. The second-order valence-corrected chi connectivity index (χ2v) is 3.96. The van der Waals surface area contributed by atoms with Crippen LogP contribution in [0.15, 0.2) is 12.3 Å². The van der Waals surface area contributed by atoms with Gasteiger partial charge in [0.1, 0.15) is 5.69 Å². The summed E-state index contributed by atoms with van der Waals surface area (Å²) < 4.78 is 1.67. The van der Waals surface area contributed by atoms with Crippen molar-refractivity contribution < 1.29 is 4.79 Å². The van der Waals surface area contributed by atoms with Gasteiger partial charge in [0, 0.05) is 19.7 Å². The van der Waals surface area contributed by atoms with Gasteiger partial charge in [-0.15, -0.1) is 0 Å². The first kappa shape index (κ1) is 12.0. The van der Waals surface area contributed by atoms with E-state index in [4.69, 9.17) is 0 Å². The molecular weight excluding hydrogens is 188 g/mol. The molecule has 84 valence electrons. The first-order chi connectivity index (χ1) is 7.24. The summed E-state index contributed by atoms with van der Waals surface area (Å²) in [6, 6.07) is 1.79. The zero-order valence-electron chi connectivity index (χ0n) is 9.70. The summed E-state index contributed by atoms with van der Waals surface area (Å²) in [5, 5.41) is 4.09.